The molecular weight excluding hydrogens is 354 g/mol. The van der Waals surface area contributed by atoms with E-state index in [1.807, 2.05) is 36.2 Å². The van der Waals surface area contributed by atoms with Crippen LogP contribution in [0.15, 0.2) is 36.4 Å². The van der Waals surface area contributed by atoms with Gasteiger partial charge < -0.3 is 10.2 Å². The number of piperidine rings is 1. The molecule has 0 unspecified atom stereocenters. The molecular formula is C19H24ClN3OS. The molecule has 3 rings (SSSR count). The predicted molar refractivity (Wildman–Crippen MR) is 107 cm³/mol. The van der Waals surface area contributed by atoms with Crippen LogP contribution in [0.5, 0.6) is 0 Å². The summed E-state index contributed by atoms with van der Waals surface area (Å²) in [6, 6.07) is 12.1. The molecule has 1 saturated heterocycles. The highest BCUT2D eigenvalue weighted by atomic mass is 35.5. The Kier molecular flexibility index (Phi) is 6.34. The van der Waals surface area contributed by atoms with Crippen LogP contribution in [0.2, 0.25) is 4.34 Å². The van der Waals surface area contributed by atoms with Gasteiger partial charge in [0.15, 0.2) is 0 Å². The number of hydrogen-bond acceptors (Lipinski definition) is 4. The second-order valence-electron chi connectivity index (χ2n) is 6.52. The van der Waals surface area contributed by atoms with E-state index < -0.39 is 0 Å². The fourth-order valence-corrected chi connectivity index (χ4v) is 4.28. The van der Waals surface area contributed by atoms with E-state index in [9.17, 15) is 4.79 Å². The summed E-state index contributed by atoms with van der Waals surface area (Å²) in [5, 5.41) is 2.97. The number of hydrogen-bond donors (Lipinski definition) is 1. The SMILES string of the molecule is CN(CC(=O)Nc1ccc(N2CCCCC2)cc1)Cc1ccc(Cl)s1. The van der Waals surface area contributed by atoms with Crippen LogP contribution < -0.4 is 10.2 Å². The minimum atomic E-state index is -0.00382. The zero-order chi connectivity index (χ0) is 17.6. The van der Waals surface area contributed by atoms with Crippen molar-refractivity contribution in [2.75, 3.05) is 36.9 Å². The van der Waals surface area contributed by atoms with Crippen LogP contribution in [0, 0.1) is 0 Å². The first-order valence-corrected chi connectivity index (χ1v) is 9.87. The fourth-order valence-electron chi connectivity index (χ4n) is 3.11. The molecule has 1 fully saturated rings. The number of amides is 1. The van der Waals surface area contributed by atoms with Crippen LogP contribution in [0.4, 0.5) is 11.4 Å². The number of nitrogens with zero attached hydrogens (tertiary/aromatic N) is 2. The second-order valence-corrected chi connectivity index (χ2v) is 8.32. The first-order chi connectivity index (χ1) is 12.1. The van der Waals surface area contributed by atoms with Crippen molar-refractivity contribution < 1.29 is 4.79 Å². The lowest BCUT2D eigenvalue weighted by molar-refractivity contribution is -0.117. The number of halogens is 1. The molecule has 2 heterocycles. The van der Waals surface area contributed by atoms with Gasteiger partial charge in [-0.1, -0.05) is 11.6 Å². The van der Waals surface area contributed by atoms with E-state index in [0.29, 0.717) is 6.54 Å². The normalized spacial score (nSPS) is 14.8. The van der Waals surface area contributed by atoms with Gasteiger partial charge in [-0.3, -0.25) is 9.69 Å². The lowest BCUT2D eigenvalue weighted by Crippen LogP contribution is -2.30. The van der Waals surface area contributed by atoms with Gasteiger partial charge in [0.2, 0.25) is 5.91 Å². The van der Waals surface area contributed by atoms with E-state index in [2.05, 4.69) is 22.3 Å². The standard InChI is InChI=1S/C19H24ClN3OS/c1-22(13-17-9-10-18(20)25-17)14-19(24)21-15-5-7-16(8-6-15)23-11-3-2-4-12-23/h5-10H,2-4,11-14H2,1H3,(H,21,24). The second kappa shape index (κ2) is 8.70. The highest BCUT2D eigenvalue weighted by Gasteiger charge is 2.12. The minimum absolute atomic E-state index is 0.00382. The summed E-state index contributed by atoms with van der Waals surface area (Å²) in [6.07, 6.45) is 3.86. The Balaban J connectivity index is 1.48. The van der Waals surface area contributed by atoms with Gasteiger partial charge in [-0.25, -0.2) is 0 Å². The highest BCUT2D eigenvalue weighted by Crippen LogP contribution is 2.23. The molecule has 0 atom stereocenters. The largest absolute Gasteiger partial charge is 0.372 e. The number of nitrogens with one attached hydrogen (secondary N) is 1. The molecule has 0 saturated carbocycles. The van der Waals surface area contributed by atoms with Crippen LogP contribution in [0.25, 0.3) is 0 Å². The van der Waals surface area contributed by atoms with Crippen molar-refractivity contribution in [3.63, 3.8) is 0 Å². The third-order valence-corrected chi connectivity index (χ3v) is 5.56. The molecule has 1 aliphatic heterocycles. The topological polar surface area (TPSA) is 35.6 Å². The summed E-state index contributed by atoms with van der Waals surface area (Å²) in [4.78, 5) is 17.8. The van der Waals surface area contributed by atoms with Crippen molar-refractivity contribution in [1.29, 1.82) is 0 Å². The van der Waals surface area contributed by atoms with Crippen LogP contribution in [-0.4, -0.2) is 37.5 Å². The molecule has 6 heteroatoms. The van der Waals surface area contributed by atoms with Gasteiger partial charge in [-0.05, 0) is 62.7 Å². The van der Waals surface area contributed by atoms with E-state index in [4.69, 9.17) is 11.6 Å². The van der Waals surface area contributed by atoms with Crippen molar-refractivity contribution in [2.45, 2.75) is 25.8 Å². The molecule has 1 aromatic carbocycles. The van der Waals surface area contributed by atoms with Gasteiger partial charge in [-0.15, -0.1) is 11.3 Å². The molecule has 2 aromatic rings. The molecule has 25 heavy (non-hydrogen) atoms. The van der Waals surface area contributed by atoms with Crippen LogP contribution >= 0.6 is 22.9 Å². The lowest BCUT2D eigenvalue weighted by atomic mass is 10.1. The number of thiophene rings is 1. The molecule has 134 valence electrons. The first-order valence-electron chi connectivity index (χ1n) is 8.68. The molecule has 0 radical (unpaired) electrons. The summed E-state index contributed by atoms with van der Waals surface area (Å²) in [5.74, 6) is -0.00382. The van der Waals surface area contributed by atoms with Crippen molar-refractivity contribution in [3.05, 3.63) is 45.6 Å². The van der Waals surface area contributed by atoms with Crippen molar-refractivity contribution in [3.8, 4) is 0 Å². The molecule has 1 aliphatic rings. The van der Waals surface area contributed by atoms with Gasteiger partial charge in [0, 0.05) is 35.9 Å². The fraction of sp³-hybridized carbons (Fsp3) is 0.421. The molecule has 4 nitrogen and oxygen atoms in total. The summed E-state index contributed by atoms with van der Waals surface area (Å²) >= 11 is 7.49. The van der Waals surface area contributed by atoms with Crippen LogP contribution in [0.1, 0.15) is 24.1 Å². The third kappa shape index (κ3) is 5.46. The summed E-state index contributed by atoms with van der Waals surface area (Å²) < 4.78 is 0.779. The van der Waals surface area contributed by atoms with E-state index in [1.165, 1.54) is 24.9 Å². The Labute approximate surface area is 158 Å². The van der Waals surface area contributed by atoms with Gasteiger partial charge >= 0.3 is 0 Å². The Morgan fingerprint density at radius 3 is 2.52 bits per heavy atom. The molecule has 1 amide bonds. The van der Waals surface area contributed by atoms with E-state index >= 15 is 0 Å². The Morgan fingerprint density at radius 2 is 1.88 bits per heavy atom. The monoisotopic (exact) mass is 377 g/mol. The zero-order valence-electron chi connectivity index (χ0n) is 14.5. The maximum Gasteiger partial charge on any atom is 0.238 e. The van der Waals surface area contributed by atoms with Crippen molar-refractivity contribution in [1.82, 2.24) is 4.90 Å². The van der Waals surface area contributed by atoms with Crippen LogP contribution in [0.3, 0.4) is 0 Å². The van der Waals surface area contributed by atoms with Crippen molar-refractivity contribution >= 4 is 40.2 Å². The van der Waals surface area contributed by atoms with Gasteiger partial charge in [0.25, 0.3) is 0 Å². The molecule has 1 aromatic heterocycles. The highest BCUT2D eigenvalue weighted by molar-refractivity contribution is 7.16. The lowest BCUT2D eigenvalue weighted by Gasteiger charge is -2.28. The number of carbonyl (C=O) groups is 1. The van der Waals surface area contributed by atoms with E-state index in [1.54, 1.807) is 11.3 Å². The number of anilines is 2. The van der Waals surface area contributed by atoms with E-state index in [-0.39, 0.29) is 5.91 Å². The van der Waals surface area contributed by atoms with Crippen LogP contribution in [-0.2, 0) is 11.3 Å². The third-order valence-electron chi connectivity index (χ3n) is 4.34. The number of benzene rings is 1. The Hall–Kier alpha value is -1.56. The zero-order valence-corrected chi connectivity index (χ0v) is 16.1. The van der Waals surface area contributed by atoms with E-state index in [0.717, 1.165) is 34.5 Å². The minimum Gasteiger partial charge on any atom is -0.372 e. The maximum atomic E-state index is 12.2. The maximum absolute atomic E-state index is 12.2. The van der Waals surface area contributed by atoms with Gasteiger partial charge in [-0.2, -0.15) is 0 Å². The predicted octanol–water partition coefficient (Wildman–Crippen LogP) is 4.46. The Morgan fingerprint density at radius 1 is 1.16 bits per heavy atom. The smallest absolute Gasteiger partial charge is 0.238 e. The molecule has 0 spiro atoms. The summed E-state index contributed by atoms with van der Waals surface area (Å²) in [6.45, 7) is 3.33. The number of likely N-dealkylation sites (N-methyl/N-ethyl adjacent to an activating group) is 1. The first kappa shape index (κ1) is 18.2. The van der Waals surface area contributed by atoms with Crippen molar-refractivity contribution in [2.24, 2.45) is 0 Å². The van der Waals surface area contributed by atoms with Gasteiger partial charge in [0.05, 0.1) is 10.9 Å². The molecule has 0 aliphatic carbocycles. The molecule has 0 bridgehead atoms. The Bertz CT molecular complexity index is 695. The quantitative estimate of drug-likeness (QED) is 0.807. The number of carbonyl (C=O) groups excluding carboxylic acids is 1. The van der Waals surface area contributed by atoms with Gasteiger partial charge in [0.1, 0.15) is 0 Å². The summed E-state index contributed by atoms with van der Waals surface area (Å²) in [5.41, 5.74) is 2.09. The number of rotatable bonds is 6. The summed E-state index contributed by atoms with van der Waals surface area (Å²) in [7, 11) is 1.94. The average molecular weight is 378 g/mol. The molecule has 1 N–H and O–H groups in total. The average Bonchev–Trinajstić information content (AvgIpc) is 3.01.